The first-order chi connectivity index (χ1) is 5.56. The van der Waals surface area contributed by atoms with Crippen molar-refractivity contribution in [1.82, 2.24) is 0 Å². The molecule has 0 radical (unpaired) electrons. The van der Waals surface area contributed by atoms with Gasteiger partial charge in [-0.2, -0.15) is 0 Å². The predicted molar refractivity (Wildman–Crippen MR) is 67.7 cm³/mol. The molecule has 0 spiro atoms. The first kappa shape index (κ1) is 13.8. The molecule has 0 aliphatic heterocycles. The zero-order valence-electron chi connectivity index (χ0n) is 8.21. The van der Waals surface area contributed by atoms with E-state index in [0.717, 1.165) is 0 Å². The Balaban J connectivity index is 3.01. The summed E-state index contributed by atoms with van der Waals surface area (Å²) in [4.78, 5) is 2.38. The normalized spacial score (nSPS) is 12.0. The van der Waals surface area contributed by atoms with Gasteiger partial charge in [-0.1, -0.05) is 0 Å². The second-order valence-electron chi connectivity index (χ2n) is 3.59. The van der Waals surface area contributed by atoms with E-state index >= 15 is 0 Å². The van der Waals surface area contributed by atoms with Crippen LogP contribution in [0.2, 0.25) is 9.38 Å². The molecule has 0 aliphatic rings. The quantitative estimate of drug-likeness (QED) is 0.402. The van der Waals surface area contributed by atoms with Crippen LogP contribution in [0.4, 0.5) is 0 Å². The predicted octanol–water partition coefficient (Wildman–Crippen LogP) is 5.21. The third kappa shape index (κ3) is 11.8. The average Bonchev–Trinajstić information content (AvgIpc) is 1.94. The van der Waals surface area contributed by atoms with Gasteiger partial charge in [0.2, 0.25) is 0 Å². The van der Waals surface area contributed by atoms with Crippen molar-refractivity contribution >= 4 is 39.3 Å². The fraction of sp³-hybridized carbons (Fsp3) is 1.00. The number of rotatable bonds is 7. The molecule has 0 amide bonds. The van der Waals surface area contributed by atoms with E-state index in [0.29, 0.717) is 0 Å². The third-order valence-corrected chi connectivity index (χ3v) is 10.8. The van der Waals surface area contributed by atoms with E-state index in [9.17, 15) is 0 Å². The summed E-state index contributed by atoms with van der Waals surface area (Å²) in [5.74, 6) is 0. The van der Waals surface area contributed by atoms with Crippen molar-refractivity contribution < 1.29 is 0 Å². The van der Waals surface area contributed by atoms with Crippen molar-refractivity contribution in [3.05, 3.63) is 0 Å². The summed E-state index contributed by atoms with van der Waals surface area (Å²) >= 11 is 5.82. The van der Waals surface area contributed by atoms with Gasteiger partial charge in [-0.3, -0.25) is 0 Å². The van der Waals surface area contributed by atoms with Gasteiger partial charge in [-0.15, -0.1) is 0 Å². The van der Waals surface area contributed by atoms with Crippen LogP contribution in [0.25, 0.3) is 0 Å². The molecule has 0 atom stereocenters. The Kier molecular flexibility index (Phi) is 9.29. The Hall–Kier alpha value is 1.76. The molecule has 0 saturated heterocycles. The summed E-state index contributed by atoms with van der Waals surface area (Å²) in [6.45, 7) is 2.27. The van der Waals surface area contributed by atoms with Gasteiger partial charge in [-0.25, -0.2) is 0 Å². The van der Waals surface area contributed by atoms with E-state index in [1.807, 2.05) is 0 Å². The number of hydrogen-bond donors (Lipinski definition) is 0. The fourth-order valence-electron chi connectivity index (χ4n) is 1.22. The molecule has 12 heavy (non-hydrogen) atoms. The zero-order valence-corrected chi connectivity index (χ0v) is 14.2. The molecule has 0 bridgehead atoms. The molecule has 0 rings (SSSR count). The van der Waals surface area contributed by atoms with Crippen LogP contribution >= 0.6 is 25.4 Å². The van der Waals surface area contributed by atoms with E-state index in [4.69, 9.17) is 0 Å². The van der Waals surface area contributed by atoms with Crippen molar-refractivity contribution in [2.45, 2.75) is 54.8 Å². The van der Waals surface area contributed by atoms with E-state index in [-0.39, 0.29) is 0 Å². The Morgan fingerprint density at radius 1 is 0.917 bits per heavy atom. The molecule has 0 fully saturated rings. The summed E-state index contributed by atoms with van der Waals surface area (Å²) in [6, 6.07) is 0. The van der Waals surface area contributed by atoms with Gasteiger partial charge in [0.1, 0.15) is 0 Å². The van der Waals surface area contributed by atoms with Crippen LogP contribution in [0.5, 0.6) is 0 Å². The fourth-order valence-corrected chi connectivity index (χ4v) is 7.46. The van der Waals surface area contributed by atoms with Gasteiger partial charge >= 0.3 is 94.2 Å². The first-order valence-corrected chi connectivity index (χ1v) is 22.6. The summed E-state index contributed by atoms with van der Waals surface area (Å²) in [5, 5.41) is 0. The molecule has 0 unspecified atom stereocenters. The van der Waals surface area contributed by atoms with Crippen LogP contribution in [-0.4, -0.2) is 13.9 Å². The standard InChI is InChI=1S/C8H17.CH3.2BrH.Sn/c1-3-5-7-8-6-4-2;;;;/h1,3-8H2,2H3;1H3;2*1H;/q;;;;+2/p-2. The van der Waals surface area contributed by atoms with Crippen LogP contribution in [0.1, 0.15) is 45.4 Å². The molecule has 3 heteroatoms. The van der Waals surface area contributed by atoms with Crippen LogP contribution in [0, 0.1) is 0 Å². The average molecular weight is 407 g/mol. The molecule has 0 aliphatic carbocycles. The van der Waals surface area contributed by atoms with Crippen molar-refractivity contribution in [3.8, 4) is 0 Å². The van der Waals surface area contributed by atoms with Crippen LogP contribution in [-0.2, 0) is 0 Å². The maximum atomic E-state index is 3.79. The Bertz CT molecular complexity index is 99.2. The van der Waals surface area contributed by atoms with E-state index < -0.39 is 13.9 Å². The Morgan fingerprint density at radius 2 is 1.42 bits per heavy atom. The summed E-state index contributed by atoms with van der Waals surface area (Å²) in [5.41, 5.74) is 0. The Morgan fingerprint density at radius 3 is 1.92 bits per heavy atom. The summed E-state index contributed by atoms with van der Waals surface area (Å²) in [7, 11) is 0. The molecular weight excluding hydrogens is 387 g/mol. The van der Waals surface area contributed by atoms with E-state index in [1.165, 1.54) is 43.0 Å². The molecule has 0 aromatic carbocycles. The second kappa shape index (κ2) is 8.10. The topological polar surface area (TPSA) is 0 Å². The van der Waals surface area contributed by atoms with E-state index in [1.54, 1.807) is 0 Å². The monoisotopic (exact) mass is 406 g/mol. The second-order valence-corrected chi connectivity index (χ2v) is 41.7. The molecule has 74 valence electrons. The van der Waals surface area contributed by atoms with Crippen molar-refractivity contribution in [2.24, 2.45) is 0 Å². The van der Waals surface area contributed by atoms with Gasteiger partial charge in [-0.05, 0) is 0 Å². The number of unbranched alkanes of at least 4 members (excludes halogenated alkanes) is 5. The first-order valence-electron chi connectivity index (χ1n) is 4.94. The molecule has 0 aromatic rings. The SMILES string of the molecule is CCCCCCC[CH2][Sn]([CH3])([Br])[Br]. The van der Waals surface area contributed by atoms with Crippen LogP contribution < -0.4 is 0 Å². The number of halogens is 2. The summed E-state index contributed by atoms with van der Waals surface area (Å²) in [6.07, 6.45) is 8.51. The van der Waals surface area contributed by atoms with Crippen LogP contribution in [0.15, 0.2) is 0 Å². The van der Waals surface area contributed by atoms with E-state index in [2.05, 4.69) is 37.3 Å². The van der Waals surface area contributed by atoms with Crippen LogP contribution in [0.3, 0.4) is 0 Å². The molecule has 0 N–H and O–H groups in total. The Labute approximate surface area is 93.3 Å². The zero-order chi connectivity index (χ0) is 9.45. The van der Waals surface area contributed by atoms with Gasteiger partial charge in [0.25, 0.3) is 0 Å². The molecular formula is C9H20Br2Sn. The maximum absolute atomic E-state index is 3.79. The third-order valence-electron chi connectivity index (χ3n) is 1.97. The van der Waals surface area contributed by atoms with Gasteiger partial charge in [0.05, 0.1) is 0 Å². The minimum atomic E-state index is -1.75. The number of hydrogen-bond acceptors (Lipinski definition) is 0. The minimum absolute atomic E-state index is 1.35. The van der Waals surface area contributed by atoms with Gasteiger partial charge < -0.3 is 0 Å². The van der Waals surface area contributed by atoms with Crippen molar-refractivity contribution in [2.75, 3.05) is 0 Å². The van der Waals surface area contributed by atoms with Crippen molar-refractivity contribution in [3.63, 3.8) is 0 Å². The molecule has 0 heterocycles. The molecule has 0 aromatic heterocycles. The van der Waals surface area contributed by atoms with Gasteiger partial charge in [0.15, 0.2) is 0 Å². The van der Waals surface area contributed by atoms with Crippen molar-refractivity contribution in [1.29, 1.82) is 0 Å². The molecule has 0 nitrogen and oxygen atoms in total. The molecule has 0 saturated carbocycles. The van der Waals surface area contributed by atoms with Gasteiger partial charge in [0, 0.05) is 0 Å². The summed E-state index contributed by atoms with van der Waals surface area (Å²) < 4.78 is 1.43.